The minimum Gasteiger partial charge on any atom is -0.478 e. The van der Waals surface area contributed by atoms with Crippen molar-refractivity contribution in [3.8, 4) is 0 Å². The topological polar surface area (TPSA) is 95.5 Å². The summed E-state index contributed by atoms with van der Waals surface area (Å²) in [5.41, 5.74) is 0.393. The third-order valence-electron chi connectivity index (χ3n) is 3.17. The van der Waals surface area contributed by atoms with E-state index in [0.29, 0.717) is 18.8 Å². The van der Waals surface area contributed by atoms with Crippen LogP contribution >= 0.6 is 0 Å². The fourth-order valence-corrected chi connectivity index (χ4v) is 3.05. The summed E-state index contributed by atoms with van der Waals surface area (Å²) in [5, 5.41) is 12.2. The maximum atomic E-state index is 12.2. The van der Waals surface area contributed by atoms with E-state index >= 15 is 0 Å². The normalized spacial score (nSPS) is 11.4. The molecule has 3 N–H and O–H groups in total. The van der Waals surface area contributed by atoms with Crippen LogP contribution in [0.1, 0.15) is 49.9 Å². The lowest BCUT2D eigenvalue weighted by Crippen LogP contribution is -2.25. The highest BCUT2D eigenvalue weighted by Gasteiger charge is 2.18. The smallest absolute Gasteiger partial charge is 0.337 e. The van der Waals surface area contributed by atoms with E-state index in [1.165, 1.54) is 18.2 Å². The molecule has 0 fully saturated rings. The first-order valence-electron chi connectivity index (χ1n) is 7.53. The standard InChI is InChI=1S/C15H24N2O4S/c1-3-5-6-10-17-22(20,21)12-7-8-14(16-9-4-2)13(11-12)15(18)19/h7-8,11,16-17H,3-6,9-10H2,1-2H3,(H,18,19). The number of hydrogen-bond donors (Lipinski definition) is 3. The monoisotopic (exact) mass is 328 g/mol. The van der Waals surface area contributed by atoms with Crippen molar-refractivity contribution in [1.29, 1.82) is 0 Å². The number of unbranched alkanes of at least 4 members (excludes halogenated alkanes) is 2. The van der Waals surface area contributed by atoms with Gasteiger partial charge in [-0.15, -0.1) is 0 Å². The zero-order valence-corrected chi connectivity index (χ0v) is 13.9. The van der Waals surface area contributed by atoms with E-state index in [1.807, 2.05) is 13.8 Å². The molecule has 0 heterocycles. The highest BCUT2D eigenvalue weighted by Crippen LogP contribution is 2.20. The SMILES string of the molecule is CCCCCNS(=O)(=O)c1ccc(NCCC)c(C(=O)O)c1. The third-order valence-corrected chi connectivity index (χ3v) is 4.63. The summed E-state index contributed by atoms with van der Waals surface area (Å²) < 4.78 is 26.8. The Morgan fingerprint density at radius 2 is 1.86 bits per heavy atom. The number of anilines is 1. The fourth-order valence-electron chi connectivity index (χ4n) is 1.95. The summed E-state index contributed by atoms with van der Waals surface area (Å²) in [6.07, 6.45) is 3.56. The molecule has 0 bridgehead atoms. The summed E-state index contributed by atoms with van der Waals surface area (Å²) in [6.45, 7) is 4.98. The molecule has 0 aliphatic carbocycles. The molecule has 1 rings (SSSR count). The van der Waals surface area contributed by atoms with Gasteiger partial charge in [0, 0.05) is 18.8 Å². The van der Waals surface area contributed by atoms with Gasteiger partial charge in [-0.25, -0.2) is 17.9 Å². The average molecular weight is 328 g/mol. The van der Waals surface area contributed by atoms with Crippen LogP contribution < -0.4 is 10.0 Å². The van der Waals surface area contributed by atoms with Gasteiger partial charge in [0.15, 0.2) is 0 Å². The molecule has 0 aliphatic rings. The molecule has 0 unspecified atom stereocenters. The number of benzene rings is 1. The molecule has 0 amide bonds. The molecule has 1 aromatic rings. The molecule has 0 atom stereocenters. The van der Waals surface area contributed by atoms with Crippen LogP contribution in [0.3, 0.4) is 0 Å². The lowest BCUT2D eigenvalue weighted by atomic mass is 10.2. The van der Waals surface area contributed by atoms with Crippen molar-refractivity contribution in [2.45, 2.75) is 44.4 Å². The number of rotatable bonds is 10. The van der Waals surface area contributed by atoms with Crippen LogP contribution in [0.5, 0.6) is 0 Å². The minimum absolute atomic E-state index is 0.0246. The van der Waals surface area contributed by atoms with Gasteiger partial charge in [0.05, 0.1) is 10.5 Å². The number of carboxylic acids is 1. The number of carboxylic acid groups (broad SMARTS) is 1. The maximum absolute atomic E-state index is 12.2. The lowest BCUT2D eigenvalue weighted by molar-refractivity contribution is 0.0697. The van der Waals surface area contributed by atoms with Gasteiger partial charge in [-0.1, -0.05) is 26.7 Å². The molecular weight excluding hydrogens is 304 g/mol. The molecule has 0 spiro atoms. The van der Waals surface area contributed by atoms with Gasteiger partial charge in [-0.3, -0.25) is 0 Å². The van der Waals surface area contributed by atoms with Gasteiger partial charge in [0.25, 0.3) is 0 Å². The molecule has 0 radical (unpaired) electrons. The Balaban J connectivity index is 2.95. The highest BCUT2D eigenvalue weighted by molar-refractivity contribution is 7.89. The molecule has 0 aliphatic heterocycles. The van der Waals surface area contributed by atoms with Gasteiger partial charge in [-0.05, 0) is 31.0 Å². The number of hydrogen-bond acceptors (Lipinski definition) is 4. The Bertz CT molecular complexity index is 600. The Labute approximate surface area is 132 Å². The highest BCUT2D eigenvalue weighted by atomic mass is 32.2. The summed E-state index contributed by atoms with van der Waals surface area (Å²) in [7, 11) is -3.68. The van der Waals surface area contributed by atoms with E-state index < -0.39 is 16.0 Å². The quantitative estimate of drug-likeness (QED) is 0.574. The van der Waals surface area contributed by atoms with Crippen molar-refractivity contribution in [2.75, 3.05) is 18.4 Å². The van der Waals surface area contributed by atoms with Crippen molar-refractivity contribution >= 4 is 21.7 Å². The van der Waals surface area contributed by atoms with Gasteiger partial charge >= 0.3 is 5.97 Å². The summed E-state index contributed by atoms with van der Waals surface area (Å²) in [4.78, 5) is 11.3. The molecule has 22 heavy (non-hydrogen) atoms. The average Bonchev–Trinajstić information content (AvgIpc) is 2.49. The van der Waals surface area contributed by atoms with Crippen LogP contribution in [0.15, 0.2) is 23.1 Å². The summed E-state index contributed by atoms with van der Waals surface area (Å²) in [6, 6.07) is 4.12. The summed E-state index contributed by atoms with van der Waals surface area (Å²) >= 11 is 0. The van der Waals surface area contributed by atoms with E-state index in [9.17, 15) is 18.3 Å². The number of nitrogens with one attached hydrogen (secondary N) is 2. The number of sulfonamides is 1. The van der Waals surface area contributed by atoms with Crippen molar-refractivity contribution in [1.82, 2.24) is 4.72 Å². The van der Waals surface area contributed by atoms with E-state index in [-0.39, 0.29) is 10.5 Å². The Morgan fingerprint density at radius 3 is 2.45 bits per heavy atom. The molecular formula is C15H24N2O4S. The fraction of sp³-hybridized carbons (Fsp3) is 0.533. The third kappa shape index (κ3) is 5.31. The van der Waals surface area contributed by atoms with Crippen LogP contribution in [0, 0.1) is 0 Å². The predicted octanol–water partition coefficient (Wildman–Crippen LogP) is 2.68. The Hall–Kier alpha value is -1.60. The lowest BCUT2D eigenvalue weighted by Gasteiger charge is -2.11. The number of aromatic carboxylic acids is 1. The van der Waals surface area contributed by atoms with Gasteiger partial charge < -0.3 is 10.4 Å². The molecule has 0 aromatic heterocycles. The second-order valence-corrected chi connectivity index (χ2v) is 6.81. The van der Waals surface area contributed by atoms with Gasteiger partial charge in [0.1, 0.15) is 0 Å². The van der Waals surface area contributed by atoms with Crippen LogP contribution in [0.2, 0.25) is 0 Å². The van der Waals surface area contributed by atoms with Crippen LogP contribution in [0.25, 0.3) is 0 Å². The predicted molar refractivity (Wildman–Crippen MR) is 86.9 cm³/mol. The minimum atomic E-state index is -3.68. The Kier molecular flexibility index (Phi) is 7.34. The first-order valence-corrected chi connectivity index (χ1v) is 9.01. The second-order valence-electron chi connectivity index (χ2n) is 5.04. The van der Waals surface area contributed by atoms with Gasteiger partial charge in [0.2, 0.25) is 10.0 Å². The van der Waals surface area contributed by atoms with E-state index in [1.54, 1.807) is 0 Å². The van der Waals surface area contributed by atoms with Crippen LogP contribution in [-0.2, 0) is 10.0 Å². The molecule has 124 valence electrons. The number of carbonyl (C=O) groups is 1. The van der Waals surface area contributed by atoms with E-state index in [0.717, 1.165) is 25.7 Å². The molecule has 0 saturated heterocycles. The van der Waals surface area contributed by atoms with Crippen molar-refractivity contribution in [3.05, 3.63) is 23.8 Å². The zero-order chi connectivity index (χ0) is 16.6. The Morgan fingerprint density at radius 1 is 1.14 bits per heavy atom. The van der Waals surface area contributed by atoms with Crippen molar-refractivity contribution < 1.29 is 18.3 Å². The van der Waals surface area contributed by atoms with Crippen molar-refractivity contribution in [3.63, 3.8) is 0 Å². The molecule has 7 heteroatoms. The first-order chi connectivity index (χ1) is 10.4. The van der Waals surface area contributed by atoms with Crippen LogP contribution in [-0.4, -0.2) is 32.6 Å². The maximum Gasteiger partial charge on any atom is 0.337 e. The second kappa shape index (κ2) is 8.75. The molecule has 1 aromatic carbocycles. The summed E-state index contributed by atoms with van der Waals surface area (Å²) in [5.74, 6) is -1.15. The van der Waals surface area contributed by atoms with Crippen LogP contribution in [0.4, 0.5) is 5.69 Å². The zero-order valence-electron chi connectivity index (χ0n) is 13.1. The largest absolute Gasteiger partial charge is 0.478 e. The van der Waals surface area contributed by atoms with E-state index in [4.69, 9.17) is 0 Å². The van der Waals surface area contributed by atoms with Gasteiger partial charge in [-0.2, -0.15) is 0 Å². The molecule has 6 nitrogen and oxygen atoms in total. The van der Waals surface area contributed by atoms with Crippen molar-refractivity contribution in [2.24, 2.45) is 0 Å². The van der Waals surface area contributed by atoms with E-state index in [2.05, 4.69) is 10.0 Å². The first kappa shape index (κ1) is 18.4. The molecule has 0 saturated carbocycles.